The van der Waals surface area contributed by atoms with E-state index >= 15 is 0 Å². The van der Waals surface area contributed by atoms with E-state index in [4.69, 9.17) is 11.6 Å². The zero-order valence-electron chi connectivity index (χ0n) is 17.8. The third-order valence-electron chi connectivity index (χ3n) is 5.57. The molecule has 6 heteroatoms. The maximum Gasteiger partial charge on any atom is 0.261 e. The molecule has 5 nitrogen and oxygen atoms in total. The molecule has 0 aliphatic carbocycles. The minimum atomic E-state index is -0.254. The lowest BCUT2D eigenvalue weighted by Crippen LogP contribution is -2.34. The van der Waals surface area contributed by atoms with Crippen LogP contribution in [0.2, 0.25) is 5.02 Å². The fourth-order valence-corrected chi connectivity index (χ4v) is 3.93. The van der Waals surface area contributed by atoms with Crippen LogP contribution in [0.25, 0.3) is 0 Å². The first-order valence-electron chi connectivity index (χ1n) is 10.5. The molecule has 0 saturated carbocycles. The van der Waals surface area contributed by atoms with Gasteiger partial charge in [0.2, 0.25) is 0 Å². The number of amides is 3. The Morgan fingerprint density at radius 2 is 1.44 bits per heavy atom. The van der Waals surface area contributed by atoms with Crippen molar-refractivity contribution < 1.29 is 14.4 Å². The van der Waals surface area contributed by atoms with Crippen LogP contribution in [0.5, 0.6) is 0 Å². The van der Waals surface area contributed by atoms with E-state index in [-0.39, 0.29) is 17.7 Å². The second-order valence-electron chi connectivity index (χ2n) is 7.81. The second kappa shape index (κ2) is 9.37. The van der Waals surface area contributed by atoms with E-state index in [2.05, 4.69) is 0 Å². The number of hydrogen-bond donors (Lipinski definition) is 0. The number of benzene rings is 3. The van der Waals surface area contributed by atoms with Gasteiger partial charge < -0.3 is 4.90 Å². The molecule has 1 aliphatic rings. The molecule has 32 heavy (non-hydrogen) atoms. The Morgan fingerprint density at radius 1 is 0.844 bits per heavy atom. The van der Waals surface area contributed by atoms with Crippen LogP contribution in [0, 0.1) is 6.92 Å². The number of carbonyl (C=O) groups excluding carboxylic acids is 3. The predicted octanol–water partition coefficient (Wildman–Crippen LogP) is 5.37. The summed E-state index contributed by atoms with van der Waals surface area (Å²) in [7, 11) is 0. The zero-order chi connectivity index (χ0) is 22.7. The maximum absolute atomic E-state index is 13.2. The third-order valence-corrected chi connectivity index (χ3v) is 5.83. The molecule has 0 N–H and O–H groups in total. The van der Waals surface area contributed by atoms with Crippen molar-refractivity contribution in [3.05, 3.63) is 100 Å². The van der Waals surface area contributed by atoms with E-state index in [1.54, 1.807) is 41.3 Å². The highest BCUT2D eigenvalue weighted by Gasteiger charge is 2.34. The molecule has 4 rings (SSSR count). The maximum atomic E-state index is 13.2. The molecule has 0 atom stereocenters. The highest BCUT2D eigenvalue weighted by Crippen LogP contribution is 2.24. The van der Waals surface area contributed by atoms with Crippen LogP contribution in [0.15, 0.2) is 72.8 Å². The summed E-state index contributed by atoms with van der Waals surface area (Å²) in [6, 6.07) is 21.5. The van der Waals surface area contributed by atoms with Crippen LogP contribution < -0.4 is 4.90 Å². The molecule has 1 aliphatic heterocycles. The van der Waals surface area contributed by atoms with Gasteiger partial charge in [0.15, 0.2) is 0 Å². The summed E-state index contributed by atoms with van der Waals surface area (Å²) in [6.45, 7) is 2.75. The summed E-state index contributed by atoms with van der Waals surface area (Å²) >= 11 is 6.02. The van der Waals surface area contributed by atoms with Gasteiger partial charge >= 0.3 is 0 Å². The summed E-state index contributed by atoms with van der Waals surface area (Å²) < 4.78 is 0. The third kappa shape index (κ3) is 4.43. The van der Waals surface area contributed by atoms with E-state index in [9.17, 15) is 14.4 Å². The number of halogens is 1. The van der Waals surface area contributed by atoms with Crippen molar-refractivity contribution in [3.63, 3.8) is 0 Å². The summed E-state index contributed by atoms with van der Waals surface area (Å²) in [5, 5.41) is 0.599. The van der Waals surface area contributed by atoms with E-state index in [1.807, 2.05) is 43.3 Å². The topological polar surface area (TPSA) is 57.7 Å². The molecule has 0 aromatic heterocycles. The summed E-state index contributed by atoms with van der Waals surface area (Å²) in [4.78, 5) is 41.3. The van der Waals surface area contributed by atoms with Crippen LogP contribution >= 0.6 is 11.6 Å². The molecule has 1 heterocycles. The molecular formula is C26H23ClN2O3. The minimum absolute atomic E-state index is 0.104. The van der Waals surface area contributed by atoms with Crippen molar-refractivity contribution in [1.82, 2.24) is 4.90 Å². The van der Waals surface area contributed by atoms with Gasteiger partial charge in [-0.25, -0.2) is 0 Å². The molecule has 0 unspecified atom stereocenters. The summed E-state index contributed by atoms with van der Waals surface area (Å²) in [5.41, 5.74) is 3.34. The lowest BCUT2D eigenvalue weighted by Gasteiger charge is -2.24. The Balaban J connectivity index is 1.43. The van der Waals surface area contributed by atoms with E-state index in [1.165, 1.54) is 4.90 Å². The van der Waals surface area contributed by atoms with Crippen molar-refractivity contribution in [2.45, 2.75) is 19.8 Å². The van der Waals surface area contributed by atoms with Crippen molar-refractivity contribution in [2.75, 3.05) is 18.0 Å². The van der Waals surface area contributed by atoms with Gasteiger partial charge in [0.1, 0.15) is 0 Å². The van der Waals surface area contributed by atoms with E-state index in [0.29, 0.717) is 47.6 Å². The normalized spacial score (nSPS) is 12.8. The average Bonchev–Trinajstić information content (AvgIpc) is 3.05. The Kier molecular flexibility index (Phi) is 6.37. The van der Waals surface area contributed by atoms with Crippen molar-refractivity contribution in [2.24, 2.45) is 0 Å². The standard InChI is InChI=1S/C26H23ClN2O3/c1-18-8-10-19(11-9-18)24(30)28(21-14-12-20(27)13-15-21)16-4-5-17-29-25(31)22-6-2-3-7-23(22)26(29)32/h2-3,6-15H,4-5,16-17H2,1H3. The molecule has 0 saturated heterocycles. The Morgan fingerprint density at radius 3 is 2.03 bits per heavy atom. The lowest BCUT2D eigenvalue weighted by molar-refractivity contribution is 0.0651. The molecule has 0 fully saturated rings. The average molecular weight is 447 g/mol. The first kappa shape index (κ1) is 21.8. The number of carbonyl (C=O) groups is 3. The van der Waals surface area contributed by atoms with E-state index in [0.717, 1.165) is 11.3 Å². The molecular weight excluding hydrogens is 424 g/mol. The lowest BCUT2D eigenvalue weighted by atomic mass is 10.1. The molecule has 0 spiro atoms. The molecule has 3 aromatic carbocycles. The second-order valence-corrected chi connectivity index (χ2v) is 8.25. The number of anilines is 1. The number of imide groups is 1. The van der Waals surface area contributed by atoms with Gasteiger partial charge in [0.05, 0.1) is 11.1 Å². The fraction of sp³-hybridized carbons (Fsp3) is 0.192. The molecule has 0 radical (unpaired) electrons. The Hall–Kier alpha value is -3.44. The fourth-order valence-electron chi connectivity index (χ4n) is 3.80. The molecule has 162 valence electrons. The van der Waals surface area contributed by atoms with Crippen LogP contribution in [-0.2, 0) is 0 Å². The number of fused-ring (bicyclic) bond motifs is 1. The largest absolute Gasteiger partial charge is 0.308 e. The van der Waals surface area contributed by atoms with Gasteiger partial charge in [0.25, 0.3) is 17.7 Å². The van der Waals surface area contributed by atoms with Gasteiger partial charge in [0, 0.05) is 29.4 Å². The van der Waals surface area contributed by atoms with Crippen LogP contribution in [0.4, 0.5) is 5.69 Å². The first-order chi connectivity index (χ1) is 15.5. The van der Waals surface area contributed by atoms with E-state index < -0.39 is 0 Å². The number of aryl methyl sites for hydroxylation is 1. The van der Waals surface area contributed by atoms with Gasteiger partial charge in [-0.2, -0.15) is 0 Å². The first-order valence-corrected chi connectivity index (χ1v) is 10.9. The van der Waals surface area contributed by atoms with Gasteiger partial charge in [-0.05, 0) is 68.3 Å². The zero-order valence-corrected chi connectivity index (χ0v) is 18.5. The number of rotatable bonds is 7. The van der Waals surface area contributed by atoms with Gasteiger partial charge in [-0.15, -0.1) is 0 Å². The van der Waals surface area contributed by atoms with Gasteiger partial charge in [-0.3, -0.25) is 19.3 Å². The number of unbranched alkanes of at least 4 members (excludes halogenated alkanes) is 1. The number of nitrogens with zero attached hydrogens (tertiary/aromatic N) is 2. The van der Waals surface area contributed by atoms with Crippen molar-refractivity contribution in [1.29, 1.82) is 0 Å². The van der Waals surface area contributed by atoms with Crippen molar-refractivity contribution in [3.8, 4) is 0 Å². The smallest absolute Gasteiger partial charge is 0.261 e. The molecule has 0 bridgehead atoms. The summed E-state index contributed by atoms with van der Waals surface area (Å²) in [6.07, 6.45) is 1.23. The monoisotopic (exact) mass is 446 g/mol. The number of hydrogen-bond acceptors (Lipinski definition) is 3. The Labute approximate surface area is 192 Å². The minimum Gasteiger partial charge on any atom is -0.308 e. The summed E-state index contributed by atoms with van der Waals surface area (Å²) in [5.74, 6) is -0.611. The quantitative estimate of drug-likeness (QED) is 0.362. The molecule has 3 aromatic rings. The Bertz CT molecular complexity index is 1120. The SMILES string of the molecule is Cc1ccc(C(=O)N(CCCCN2C(=O)c3ccccc3C2=O)c2ccc(Cl)cc2)cc1. The van der Waals surface area contributed by atoms with Crippen LogP contribution in [-0.4, -0.2) is 35.7 Å². The highest BCUT2D eigenvalue weighted by molar-refractivity contribution is 6.30. The van der Waals surface area contributed by atoms with Crippen molar-refractivity contribution >= 4 is 35.0 Å². The molecule has 3 amide bonds. The van der Waals surface area contributed by atoms with Crippen LogP contribution in [0.3, 0.4) is 0 Å². The highest BCUT2D eigenvalue weighted by atomic mass is 35.5. The van der Waals surface area contributed by atoms with Crippen LogP contribution in [0.1, 0.15) is 49.5 Å². The van der Waals surface area contributed by atoms with Gasteiger partial charge in [-0.1, -0.05) is 41.4 Å². The predicted molar refractivity (Wildman–Crippen MR) is 125 cm³/mol.